The first kappa shape index (κ1) is 17.7. The summed E-state index contributed by atoms with van der Waals surface area (Å²) in [5.41, 5.74) is 0. The molecule has 1 saturated heterocycles. The molecule has 0 saturated carbocycles. The second-order valence-corrected chi connectivity index (χ2v) is 5.59. The number of hydrogen-bond donors (Lipinski definition) is 3. The van der Waals surface area contributed by atoms with E-state index in [-0.39, 0.29) is 24.0 Å². The Bertz CT molecular complexity index is 386. The molecule has 6 nitrogen and oxygen atoms in total. The number of carboxylic acid groups (broad SMARTS) is 1. The number of nitrogens with zero attached hydrogens (tertiary/aromatic N) is 1. The number of rotatable bonds is 8. The smallest absolute Gasteiger partial charge is 0.320 e. The van der Waals surface area contributed by atoms with Crippen molar-refractivity contribution >= 4 is 11.9 Å². The summed E-state index contributed by atoms with van der Waals surface area (Å²) >= 11 is 0. The lowest BCUT2D eigenvalue weighted by Gasteiger charge is -2.30. The summed E-state index contributed by atoms with van der Waals surface area (Å²) in [5.74, 6) is -0.668. The van der Waals surface area contributed by atoms with E-state index in [0.29, 0.717) is 6.42 Å². The van der Waals surface area contributed by atoms with Gasteiger partial charge < -0.3 is 15.7 Å². The molecule has 1 fully saturated rings. The zero-order valence-electron chi connectivity index (χ0n) is 13.1. The number of carbonyl (C=O) groups is 2. The number of hydrogen-bond acceptors (Lipinski definition) is 4. The summed E-state index contributed by atoms with van der Waals surface area (Å²) in [6.07, 6.45) is 3.25. The van der Waals surface area contributed by atoms with Crippen LogP contribution in [0, 0.1) is 5.92 Å². The molecule has 1 rings (SSSR count). The van der Waals surface area contributed by atoms with Gasteiger partial charge in [-0.3, -0.25) is 14.5 Å². The fourth-order valence-electron chi connectivity index (χ4n) is 2.93. The topological polar surface area (TPSA) is 81.7 Å². The molecule has 120 valence electrons. The van der Waals surface area contributed by atoms with Crippen LogP contribution in [-0.4, -0.2) is 53.2 Å². The summed E-state index contributed by atoms with van der Waals surface area (Å²) in [6.45, 7) is 10.9. The molecule has 1 aliphatic rings. The number of amides is 1. The first-order valence-electron chi connectivity index (χ1n) is 7.51. The van der Waals surface area contributed by atoms with Crippen molar-refractivity contribution in [1.82, 2.24) is 15.5 Å². The van der Waals surface area contributed by atoms with E-state index in [2.05, 4.69) is 22.1 Å². The lowest BCUT2D eigenvalue weighted by atomic mass is 9.97. The minimum Gasteiger partial charge on any atom is -0.480 e. The second-order valence-electron chi connectivity index (χ2n) is 5.59. The maximum Gasteiger partial charge on any atom is 0.320 e. The van der Waals surface area contributed by atoms with E-state index in [1.165, 1.54) is 6.92 Å². The predicted octanol–water partition coefficient (Wildman–Crippen LogP) is 0.798. The molecule has 4 atom stereocenters. The average Bonchev–Trinajstić information content (AvgIpc) is 2.82. The van der Waals surface area contributed by atoms with Crippen LogP contribution < -0.4 is 10.6 Å². The van der Waals surface area contributed by atoms with E-state index in [4.69, 9.17) is 5.11 Å². The van der Waals surface area contributed by atoms with Crippen LogP contribution in [0.5, 0.6) is 0 Å². The zero-order valence-corrected chi connectivity index (χ0v) is 13.1. The van der Waals surface area contributed by atoms with Crippen LogP contribution in [0.2, 0.25) is 0 Å². The van der Waals surface area contributed by atoms with Gasteiger partial charge in [0.05, 0.1) is 6.17 Å². The monoisotopic (exact) mass is 297 g/mol. The van der Waals surface area contributed by atoms with Crippen molar-refractivity contribution in [2.75, 3.05) is 13.1 Å². The summed E-state index contributed by atoms with van der Waals surface area (Å²) in [4.78, 5) is 24.4. The number of nitrogens with one attached hydrogen (secondary N) is 2. The van der Waals surface area contributed by atoms with Gasteiger partial charge in [-0.2, -0.15) is 0 Å². The van der Waals surface area contributed by atoms with Gasteiger partial charge >= 0.3 is 5.97 Å². The third-order valence-corrected chi connectivity index (χ3v) is 4.13. The first-order chi connectivity index (χ1) is 9.88. The van der Waals surface area contributed by atoms with Crippen LogP contribution in [0.25, 0.3) is 0 Å². The number of carbonyl (C=O) groups excluding carboxylic acids is 1. The Hall–Kier alpha value is -1.40. The Morgan fingerprint density at radius 2 is 2.24 bits per heavy atom. The second kappa shape index (κ2) is 8.14. The molecule has 1 heterocycles. The van der Waals surface area contributed by atoms with Crippen LogP contribution in [-0.2, 0) is 9.59 Å². The van der Waals surface area contributed by atoms with Crippen molar-refractivity contribution in [3.63, 3.8) is 0 Å². The van der Waals surface area contributed by atoms with Crippen molar-refractivity contribution in [1.29, 1.82) is 0 Å². The molecule has 0 radical (unpaired) electrons. The number of aliphatic carboxylic acids is 1. The summed E-state index contributed by atoms with van der Waals surface area (Å²) in [6, 6.07) is -0.358. The van der Waals surface area contributed by atoms with Crippen LogP contribution in [0.15, 0.2) is 12.7 Å². The minimum atomic E-state index is -0.802. The average molecular weight is 297 g/mol. The van der Waals surface area contributed by atoms with Gasteiger partial charge in [0, 0.05) is 19.5 Å². The molecule has 3 N–H and O–H groups in total. The first-order valence-corrected chi connectivity index (χ1v) is 7.51. The molecule has 0 aromatic rings. The Kier molecular flexibility index (Phi) is 6.84. The third kappa shape index (κ3) is 5.13. The Morgan fingerprint density at radius 3 is 2.71 bits per heavy atom. The Balaban J connectivity index is 2.53. The van der Waals surface area contributed by atoms with Crippen molar-refractivity contribution in [3.05, 3.63) is 12.7 Å². The molecule has 1 amide bonds. The highest BCUT2D eigenvalue weighted by Gasteiger charge is 2.35. The molecule has 6 heteroatoms. The van der Waals surface area contributed by atoms with Crippen LogP contribution in [0.3, 0.4) is 0 Å². The van der Waals surface area contributed by atoms with Crippen molar-refractivity contribution in [3.8, 4) is 0 Å². The zero-order chi connectivity index (χ0) is 16.0. The van der Waals surface area contributed by atoms with Crippen molar-refractivity contribution in [2.24, 2.45) is 5.92 Å². The van der Waals surface area contributed by atoms with Gasteiger partial charge in [-0.15, -0.1) is 6.58 Å². The van der Waals surface area contributed by atoms with E-state index in [1.807, 2.05) is 19.9 Å². The van der Waals surface area contributed by atoms with E-state index >= 15 is 0 Å². The largest absolute Gasteiger partial charge is 0.480 e. The van der Waals surface area contributed by atoms with Gasteiger partial charge in [-0.25, -0.2) is 0 Å². The standard InChI is InChI=1S/C15H27N3O3/c1-5-12-9-14(15(20)21)17-13(12)7-8-18(6-2)10(3)16-11(4)19/h5,10,12-14,17H,1,6-9H2,2-4H3,(H,16,19)(H,20,21)/t10?,12-,13-,14-/m1/s1. The summed E-state index contributed by atoms with van der Waals surface area (Å²) in [5, 5.41) is 15.1. The highest BCUT2D eigenvalue weighted by Crippen LogP contribution is 2.24. The molecule has 1 aliphatic heterocycles. The van der Waals surface area contributed by atoms with Crippen LogP contribution in [0.1, 0.15) is 33.6 Å². The van der Waals surface area contributed by atoms with E-state index < -0.39 is 12.0 Å². The van der Waals surface area contributed by atoms with Crippen molar-refractivity contribution in [2.45, 2.75) is 51.9 Å². The fourth-order valence-corrected chi connectivity index (χ4v) is 2.93. The van der Waals surface area contributed by atoms with E-state index in [0.717, 1.165) is 19.5 Å². The maximum atomic E-state index is 11.1. The quantitative estimate of drug-likeness (QED) is 0.456. The van der Waals surface area contributed by atoms with Gasteiger partial charge in [-0.05, 0) is 32.2 Å². The van der Waals surface area contributed by atoms with Gasteiger partial charge in [0.1, 0.15) is 6.04 Å². The molecular weight excluding hydrogens is 270 g/mol. The van der Waals surface area contributed by atoms with E-state index in [9.17, 15) is 9.59 Å². The summed E-state index contributed by atoms with van der Waals surface area (Å²) < 4.78 is 0. The SMILES string of the molecule is C=C[C@@H]1C[C@H](C(=O)O)N[C@@H]1CCN(CC)C(C)NC(C)=O. The minimum absolute atomic E-state index is 0.0219. The maximum absolute atomic E-state index is 11.1. The molecule has 21 heavy (non-hydrogen) atoms. The van der Waals surface area contributed by atoms with Gasteiger partial charge in [0.2, 0.25) is 5.91 Å². The lowest BCUT2D eigenvalue weighted by Crippen LogP contribution is -2.47. The van der Waals surface area contributed by atoms with Gasteiger partial charge in [0.15, 0.2) is 0 Å². The number of carboxylic acids is 1. The van der Waals surface area contributed by atoms with Crippen LogP contribution >= 0.6 is 0 Å². The normalized spacial score (nSPS) is 26.6. The molecule has 1 unspecified atom stereocenters. The Morgan fingerprint density at radius 1 is 1.57 bits per heavy atom. The Labute approximate surface area is 126 Å². The van der Waals surface area contributed by atoms with Crippen LogP contribution in [0.4, 0.5) is 0 Å². The molecule has 0 aliphatic carbocycles. The molecule has 0 aromatic carbocycles. The molecule has 0 bridgehead atoms. The highest BCUT2D eigenvalue weighted by molar-refractivity contribution is 5.74. The molecule has 0 aromatic heterocycles. The lowest BCUT2D eigenvalue weighted by molar-refractivity contribution is -0.139. The van der Waals surface area contributed by atoms with E-state index in [1.54, 1.807) is 0 Å². The van der Waals surface area contributed by atoms with Gasteiger partial charge in [-0.1, -0.05) is 13.0 Å². The summed E-state index contributed by atoms with van der Waals surface area (Å²) in [7, 11) is 0. The fraction of sp³-hybridized carbons (Fsp3) is 0.733. The van der Waals surface area contributed by atoms with Crippen molar-refractivity contribution < 1.29 is 14.7 Å². The molecular formula is C15H27N3O3. The third-order valence-electron chi connectivity index (χ3n) is 4.13. The predicted molar refractivity (Wildman–Crippen MR) is 81.8 cm³/mol. The van der Waals surface area contributed by atoms with Gasteiger partial charge in [0.25, 0.3) is 0 Å². The highest BCUT2D eigenvalue weighted by atomic mass is 16.4. The molecule has 0 spiro atoms.